The van der Waals surface area contributed by atoms with Gasteiger partial charge < -0.3 is 5.32 Å². The number of benzene rings is 2. The summed E-state index contributed by atoms with van der Waals surface area (Å²) < 4.78 is 27.2. The number of rotatable bonds is 6. The van der Waals surface area contributed by atoms with Crippen LogP contribution in [0.1, 0.15) is 36.1 Å². The molecule has 0 amide bonds. The second-order valence-corrected chi connectivity index (χ2v) is 5.36. The predicted octanol–water partition coefficient (Wildman–Crippen LogP) is 4.56. The molecule has 0 saturated heterocycles. The van der Waals surface area contributed by atoms with E-state index in [4.69, 9.17) is 0 Å². The summed E-state index contributed by atoms with van der Waals surface area (Å²) in [5.74, 6) is -0.441. The third kappa shape index (κ3) is 4.36. The average Bonchev–Trinajstić information content (AvgIpc) is 2.46. The van der Waals surface area contributed by atoms with E-state index in [1.807, 2.05) is 19.1 Å². The zero-order valence-electron chi connectivity index (χ0n) is 12.5. The van der Waals surface area contributed by atoms with Crippen molar-refractivity contribution < 1.29 is 8.78 Å². The van der Waals surface area contributed by atoms with Crippen molar-refractivity contribution in [3.05, 3.63) is 70.8 Å². The van der Waals surface area contributed by atoms with Crippen molar-refractivity contribution in [2.24, 2.45) is 0 Å². The lowest BCUT2D eigenvalue weighted by atomic mass is 9.97. The molecular weight excluding hydrogens is 268 g/mol. The second-order valence-electron chi connectivity index (χ2n) is 5.36. The molecule has 0 radical (unpaired) electrons. The van der Waals surface area contributed by atoms with Crippen molar-refractivity contribution in [3.8, 4) is 0 Å². The minimum absolute atomic E-state index is 0.101. The monoisotopic (exact) mass is 289 g/mol. The van der Waals surface area contributed by atoms with E-state index in [2.05, 4.69) is 12.2 Å². The van der Waals surface area contributed by atoms with Crippen molar-refractivity contribution in [3.63, 3.8) is 0 Å². The van der Waals surface area contributed by atoms with Gasteiger partial charge in [-0.15, -0.1) is 0 Å². The first-order chi connectivity index (χ1) is 10.1. The Morgan fingerprint density at radius 3 is 2.38 bits per heavy atom. The van der Waals surface area contributed by atoms with E-state index >= 15 is 0 Å². The molecule has 2 rings (SSSR count). The first-order valence-electron chi connectivity index (χ1n) is 7.34. The van der Waals surface area contributed by atoms with Crippen LogP contribution in [0.2, 0.25) is 0 Å². The van der Waals surface area contributed by atoms with Crippen LogP contribution >= 0.6 is 0 Å². The minimum Gasteiger partial charge on any atom is -0.310 e. The molecule has 21 heavy (non-hydrogen) atoms. The van der Waals surface area contributed by atoms with Gasteiger partial charge in [0, 0.05) is 11.6 Å². The van der Waals surface area contributed by atoms with Crippen LogP contribution in [-0.2, 0) is 6.42 Å². The number of hydrogen-bond acceptors (Lipinski definition) is 1. The number of aryl methyl sites for hydroxylation is 1. The van der Waals surface area contributed by atoms with Gasteiger partial charge >= 0.3 is 0 Å². The van der Waals surface area contributed by atoms with Crippen molar-refractivity contribution in [1.82, 2.24) is 5.32 Å². The lowest BCUT2D eigenvalue weighted by molar-refractivity contribution is 0.496. The topological polar surface area (TPSA) is 12.0 Å². The molecule has 0 aliphatic carbocycles. The van der Waals surface area contributed by atoms with E-state index in [1.165, 1.54) is 12.1 Å². The van der Waals surface area contributed by atoms with E-state index in [0.29, 0.717) is 12.0 Å². The zero-order valence-corrected chi connectivity index (χ0v) is 12.5. The highest BCUT2D eigenvalue weighted by Crippen LogP contribution is 2.22. The van der Waals surface area contributed by atoms with E-state index in [1.54, 1.807) is 18.2 Å². The highest BCUT2D eigenvalue weighted by atomic mass is 19.1. The van der Waals surface area contributed by atoms with Gasteiger partial charge in [0.2, 0.25) is 0 Å². The Kier molecular flexibility index (Phi) is 5.45. The molecule has 112 valence electrons. The molecule has 1 atom stereocenters. The standard InChI is InChI=1S/C18H21F2N/c1-3-10-21-18(12-14-5-7-15(19)8-6-14)16-9-4-13(2)11-17(16)20/h4-9,11,18,21H,3,10,12H2,1-2H3. The summed E-state index contributed by atoms with van der Waals surface area (Å²) in [5.41, 5.74) is 2.57. The van der Waals surface area contributed by atoms with Gasteiger partial charge in [0.15, 0.2) is 0 Å². The van der Waals surface area contributed by atoms with Crippen LogP contribution in [0.25, 0.3) is 0 Å². The molecule has 0 spiro atoms. The summed E-state index contributed by atoms with van der Waals surface area (Å²) >= 11 is 0. The minimum atomic E-state index is -0.252. The van der Waals surface area contributed by atoms with E-state index in [9.17, 15) is 8.78 Å². The Bertz CT molecular complexity index is 578. The molecule has 1 unspecified atom stereocenters. The summed E-state index contributed by atoms with van der Waals surface area (Å²) in [7, 11) is 0. The van der Waals surface area contributed by atoms with Gasteiger partial charge in [0.25, 0.3) is 0 Å². The average molecular weight is 289 g/mol. The predicted molar refractivity (Wildman–Crippen MR) is 82.3 cm³/mol. The molecule has 0 bridgehead atoms. The lowest BCUT2D eigenvalue weighted by Crippen LogP contribution is -2.25. The smallest absolute Gasteiger partial charge is 0.128 e. The summed E-state index contributed by atoms with van der Waals surface area (Å²) in [6, 6.07) is 11.6. The van der Waals surface area contributed by atoms with Crippen LogP contribution < -0.4 is 5.32 Å². The summed E-state index contributed by atoms with van der Waals surface area (Å²) in [5, 5.41) is 3.38. The molecule has 0 aliphatic rings. The van der Waals surface area contributed by atoms with Crippen LogP contribution in [0.3, 0.4) is 0 Å². The van der Waals surface area contributed by atoms with Crippen LogP contribution in [0.5, 0.6) is 0 Å². The molecule has 0 saturated carbocycles. The maximum absolute atomic E-state index is 14.2. The molecule has 0 aliphatic heterocycles. The first-order valence-corrected chi connectivity index (χ1v) is 7.34. The Labute approximate surface area is 125 Å². The van der Waals surface area contributed by atoms with Gasteiger partial charge in [-0.25, -0.2) is 8.78 Å². The fourth-order valence-corrected chi connectivity index (χ4v) is 2.38. The van der Waals surface area contributed by atoms with Crippen molar-refractivity contribution in [2.45, 2.75) is 32.7 Å². The largest absolute Gasteiger partial charge is 0.310 e. The maximum atomic E-state index is 14.2. The number of hydrogen-bond donors (Lipinski definition) is 1. The van der Waals surface area contributed by atoms with E-state index in [-0.39, 0.29) is 17.7 Å². The van der Waals surface area contributed by atoms with Crippen LogP contribution in [-0.4, -0.2) is 6.54 Å². The van der Waals surface area contributed by atoms with Gasteiger partial charge in [0.1, 0.15) is 11.6 Å². The molecule has 1 nitrogen and oxygen atoms in total. The third-order valence-corrected chi connectivity index (χ3v) is 3.53. The van der Waals surface area contributed by atoms with Crippen LogP contribution in [0.4, 0.5) is 8.78 Å². The highest BCUT2D eigenvalue weighted by Gasteiger charge is 2.15. The van der Waals surface area contributed by atoms with E-state index < -0.39 is 0 Å². The zero-order chi connectivity index (χ0) is 15.2. The van der Waals surface area contributed by atoms with Gasteiger partial charge in [-0.1, -0.05) is 31.2 Å². The summed E-state index contributed by atoms with van der Waals surface area (Å²) in [6.07, 6.45) is 1.62. The molecule has 2 aromatic carbocycles. The fourth-order valence-electron chi connectivity index (χ4n) is 2.38. The fraction of sp³-hybridized carbons (Fsp3) is 0.333. The van der Waals surface area contributed by atoms with Gasteiger partial charge in [-0.05, 0) is 55.6 Å². The molecule has 3 heteroatoms. The Balaban J connectivity index is 2.22. The van der Waals surface area contributed by atoms with Crippen molar-refractivity contribution in [1.29, 1.82) is 0 Å². The number of halogens is 2. The quantitative estimate of drug-likeness (QED) is 0.822. The van der Waals surface area contributed by atoms with Gasteiger partial charge in [-0.2, -0.15) is 0 Å². The molecule has 2 aromatic rings. The van der Waals surface area contributed by atoms with Crippen LogP contribution in [0, 0.1) is 18.6 Å². The third-order valence-electron chi connectivity index (χ3n) is 3.53. The van der Waals surface area contributed by atoms with Gasteiger partial charge in [0.05, 0.1) is 0 Å². The summed E-state index contributed by atoms with van der Waals surface area (Å²) in [6.45, 7) is 4.77. The Morgan fingerprint density at radius 1 is 1.05 bits per heavy atom. The van der Waals surface area contributed by atoms with Crippen molar-refractivity contribution >= 4 is 0 Å². The van der Waals surface area contributed by atoms with E-state index in [0.717, 1.165) is 24.1 Å². The van der Waals surface area contributed by atoms with Gasteiger partial charge in [-0.3, -0.25) is 0 Å². The Morgan fingerprint density at radius 2 is 1.76 bits per heavy atom. The van der Waals surface area contributed by atoms with Crippen LogP contribution in [0.15, 0.2) is 42.5 Å². The number of nitrogens with one attached hydrogen (secondary N) is 1. The Hall–Kier alpha value is -1.74. The normalized spacial score (nSPS) is 12.4. The van der Waals surface area contributed by atoms with Crippen molar-refractivity contribution in [2.75, 3.05) is 6.54 Å². The second kappa shape index (κ2) is 7.32. The molecule has 0 aromatic heterocycles. The molecular formula is C18H21F2N. The molecule has 1 N–H and O–H groups in total. The summed E-state index contributed by atoms with van der Waals surface area (Å²) in [4.78, 5) is 0. The molecule has 0 fully saturated rings. The highest BCUT2D eigenvalue weighted by molar-refractivity contribution is 5.28. The SMILES string of the molecule is CCCNC(Cc1ccc(F)cc1)c1ccc(C)cc1F. The first kappa shape index (κ1) is 15.6. The maximum Gasteiger partial charge on any atom is 0.128 e. The lowest BCUT2D eigenvalue weighted by Gasteiger charge is -2.20. The molecule has 0 heterocycles.